The van der Waals surface area contributed by atoms with Crippen LogP contribution in [-0.2, 0) is 12.6 Å². The molecule has 2 aromatic rings. The van der Waals surface area contributed by atoms with Crippen molar-refractivity contribution in [1.29, 1.82) is 0 Å². The molecule has 0 spiro atoms. The summed E-state index contributed by atoms with van der Waals surface area (Å²) in [5.74, 6) is -0.644. The summed E-state index contributed by atoms with van der Waals surface area (Å²) in [5, 5.41) is 0. The molecule has 0 aromatic heterocycles. The highest BCUT2D eigenvalue weighted by Gasteiger charge is 2.35. The quantitative estimate of drug-likeness (QED) is 0.741. The average molecular weight is 386 g/mol. The average Bonchev–Trinajstić information content (AvgIpc) is 2.51. The van der Waals surface area contributed by atoms with Gasteiger partial charge in [-0.05, 0) is 30.2 Å². The number of nitrogens with zero attached hydrogens (tertiary/aromatic N) is 1. The number of hydrogen-bond donors (Lipinski definition) is 0. The molecule has 23 heavy (non-hydrogen) atoms. The molecule has 0 saturated carbocycles. The fourth-order valence-electron chi connectivity index (χ4n) is 2.19. The van der Waals surface area contributed by atoms with Gasteiger partial charge < -0.3 is 4.90 Å². The fourth-order valence-corrected chi connectivity index (χ4v) is 2.55. The molecular weight excluding hydrogens is 371 g/mol. The summed E-state index contributed by atoms with van der Waals surface area (Å²) in [4.78, 5) is 13.7. The zero-order valence-electron chi connectivity index (χ0n) is 12.4. The van der Waals surface area contributed by atoms with Gasteiger partial charge in [0.25, 0.3) is 5.91 Å². The number of alkyl halides is 3. The van der Waals surface area contributed by atoms with Crippen molar-refractivity contribution in [3.8, 4) is 0 Å². The van der Waals surface area contributed by atoms with Gasteiger partial charge in [-0.1, -0.05) is 46.3 Å². The van der Waals surface area contributed by atoms with E-state index in [9.17, 15) is 18.0 Å². The molecule has 0 N–H and O–H groups in total. The first-order chi connectivity index (χ1) is 10.8. The second-order valence-corrected chi connectivity index (χ2v) is 6.07. The number of likely N-dealkylation sites (N-methyl/N-ethyl adjacent to an activating group) is 1. The van der Waals surface area contributed by atoms with Crippen LogP contribution in [0.1, 0.15) is 21.5 Å². The smallest absolute Gasteiger partial charge is 0.341 e. The predicted octanol–water partition coefficient (Wildman–Crippen LogP) is 4.78. The summed E-state index contributed by atoms with van der Waals surface area (Å²) in [7, 11) is 1.51. The molecule has 0 fully saturated rings. The number of benzene rings is 2. The molecule has 2 aromatic carbocycles. The number of hydrogen-bond acceptors (Lipinski definition) is 1. The monoisotopic (exact) mass is 385 g/mol. The lowest BCUT2D eigenvalue weighted by Crippen LogP contribution is -2.30. The molecule has 0 saturated heterocycles. The third-order valence-electron chi connectivity index (χ3n) is 3.44. The molecule has 0 unspecified atom stereocenters. The van der Waals surface area contributed by atoms with Crippen LogP contribution < -0.4 is 0 Å². The largest absolute Gasteiger partial charge is 0.417 e. The second kappa shape index (κ2) is 7.17. The molecule has 1 amide bonds. The van der Waals surface area contributed by atoms with Crippen LogP contribution in [-0.4, -0.2) is 24.4 Å². The minimum absolute atomic E-state index is 0.340. The highest BCUT2D eigenvalue weighted by atomic mass is 79.9. The molecule has 0 heterocycles. The summed E-state index contributed by atoms with van der Waals surface area (Å²) >= 11 is 3.12. The van der Waals surface area contributed by atoms with E-state index < -0.39 is 17.6 Å². The van der Waals surface area contributed by atoms with Gasteiger partial charge in [0.05, 0.1) is 11.1 Å². The second-order valence-electron chi connectivity index (χ2n) is 5.15. The van der Waals surface area contributed by atoms with Gasteiger partial charge in [-0.2, -0.15) is 13.2 Å². The van der Waals surface area contributed by atoms with Gasteiger partial charge in [-0.15, -0.1) is 0 Å². The van der Waals surface area contributed by atoms with Gasteiger partial charge in [0.2, 0.25) is 0 Å². The molecule has 122 valence electrons. The minimum Gasteiger partial charge on any atom is -0.341 e. The SMILES string of the molecule is CN(CCc1ccccc1)C(=O)c1cc(Br)ccc1C(F)(F)F. The molecular formula is C17H15BrF3NO. The van der Waals surface area contributed by atoms with E-state index >= 15 is 0 Å². The van der Waals surface area contributed by atoms with Crippen LogP contribution in [0.4, 0.5) is 13.2 Å². The van der Waals surface area contributed by atoms with E-state index in [4.69, 9.17) is 0 Å². The lowest BCUT2D eigenvalue weighted by atomic mass is 10.1. The molecule has 6 heteroatoms. The van der Waals surface area contributed by atoms with Gasteiger partial charge in [0, 0.05) is 18.1 Å². The normalized spacial score (nSPS) is 11.3. The summed E-state index contributed by atoms with van der Waals surface area (Å²) < 4.78 is 39.6. The third kappa shape index (κ3) is 4.58. The van der Waals surface area contributed by atoms with Crippen molar-refractivity contribution < 1.29 is 18.0 Å². The summed E-state index contributed by atoms with van der Waals surface area (Å²) in [6.07, 6.45) is -3.98. The van der Waals surface area contributed by atoms with E-state index in [0.29, 0.717) is 17.4 Å². The highest BCUT2D eigenvalue weighted by Crippen LogP contribution is 2.33. The fraction of sp³-hybridized carbons (Fsp3) is 0.235. The van der Waals surface area contributed by atoms with Gasteiger partial charge in [-0.3, -0.25) is 4.79 Å². The number of carbonyl (C=O) groups is 1. The van der Waals surface area contributed by atoms with E-state index in [2.05, 4.69) is 15.9 Å². The minimum atomic E-state index is -4.56. The first-order valence-corrected chi connectivity index (χ1v) is 7.74. The van der Waals surface area contributed by atoms with Crippen molar-refractivity contribution in [2.75, 3.05) is 13.6 Å². The Balaban J connectivity index is 2.17. The van der Waals surface area contributed by atoms with E-state index in [0.717, 1.165) is 11.6 Å². The van der Waals surface area contributed by atoms with Gasteiger partial charge in [-0.25, -0.2) is 0 Å². The van der Waals surface area contributed by atoms with Crippen LogP contribution in [0.3, 0.4) is 0 Å². The maximum Gasteiger partial charge on any atom is 0.417 e. The zero-order valence-corrected chi connectivity index (χ0v) is 14.0. The Morgan fingerprint density at radius 2 is 1.78 bits per heavy atom. The van der Waals surface area contributed by atoms with Crippen LogP contribution in [0.25, 0.3) is 0 Å². The summed E-state index contributed by atoms with van der Waals surface area (Å²) in [6.45, 7) is 0.340. The molecule has 0 atom stereocenters. The standard InChI is InChI=1S/C17H15BrF3NO/c1-22(10-9-12-5-3-2-4-6-12)16(23)14-11-13(18)7-8-15(14)17(19,20)21/h2-8,11H,9-10H2,1H3. The summed E-state index contributed by atoms with van der Waals surface area (Å²) in [6, 6.07) is 12.9. The van der Waals surface area contributed by atoms with Gasteiger partial charge in [0.1, 0.15) is 0 Å². The van der Waals surface area contributed by atoms with Crippen molar-refractivity contribution >= 4 is 21.8 Å². The lowest BCUT2D eigenvalue weighted by Gasteiger charge is -2.20. The molecule has 2 nitrogen and oxygen atoms in total. The molecule has 2 rings (SSSR count). The molecule has 0 aliphatic heterocycles. The van der Waals surface area contributed by atoms with Gasteiger partial charge >= 0.3 is 6.18 Å². The molecule has 0 radical (unpaired) electrons. The van der Waals surface area contributed by atoms with Crippen LogP contribution >= 0.6 is 15.9 Å². The van der Waals surface area contributed by atoms with Gasteiger partial charge in [0.15, 0.2) is 0 Å². The van der Waals surface area contributed by atoms with Crippen molar-refractivity contribution in [2.45, 2.75) is 12.6 Å². The van der Waals surface area contributed by atoms with E-state index in [-0.39, 0.29) is 5.56 Å². The first kappa shape index (κ1) is 17.5. The maximum absolute atomic E-state index is 13.1. The summed E-state index contributed by atoms with van der Waals surface area (Å²) in [5.41, 5.74) is -0.239. The molecule has 0 bridgehead atoms. The Labute approximate surface area is 141 Å². The topological polar surface area (TPSA) is 20.3 Å². The first-order valence-electron chi connectivity index (χ1n) is 6.95. The van der Waals surface area contributed by atoms with Crippen molar-refractivity contribution in [1.82, 2.24) is 4.90 Å². The highest BCUT2D eigenvalue weighted by molar-refractivity contribution is 9.10. The predicted molar refractivity (Wildman–Crippen MR) is 86.3 cm³/mol. The Bertz CT molecular complexity index is 686. The number of carbonyl (C=O) groups excluding carboxylic acids is 1. The van der Waals surface area contributed by atoms with Crippen LogP contribution in [0.2, 0.25) is 0 Å². The van der Waals surface area contributed by atoms with E-state index in [1.54, 1.807) is 0 Å². The van der Waals surface area contributed by atoms with E-state index in [1.807, 2.05) is 30.3 Å². The Morgan fingerprint density at radius 3 is 2.39 bits per heavy atom. The Hall–Kier alpha value is -1.82. The maximum atomic E-state index is 13.1. The number of rotatable bonds is 4. The Morgan fingerprint density at radius 1 is 1.13 bits per heavy atom. The number of halogens is 4. The third-order valence-corrected chi connectivity index (χ3v) is 3.94. The lowest BCUT2D eigenvalue weighted by molar-refractivity contribution is -0.138. The molecule has 0 aliphatic rings. The number of amides is 1. The van der Waals surface area contributed by atoms with E-state index in [1.165, 1.54) is 24.1 Å². The van der Waals surface area contributed by atoms with Crippen LogP contribution in [0.15, 0.2) is 53.0 Å². The zero-order chi connectivity index (χ0) is 17.0. The van der Waals surface area contributed by atoms with Crippen LogP contribution in [0, 0.1) is 0 Å². The molecule has 0 aliphatic carbocycles. The Kier molecular flexibility index (Phi) is 5.46. The van der Waals surface area contributed by atoms with Crippen molar-refractivity contribution in [2.24, 2.45) is 0 Å². The van der Waals surface area contributed by atoms with Crippen molar-refractivity contribution in [3.63, 3.8) is 0 Å². The van der Waals surface area contributed by atoms with Crippen LogP contribution in [0.5, 0.6) is 0 Å². The van der Waals surface area contributed by atoms with Crippen molar-refractivity contribution in [3.05, 3.63) is 69.7 Å².